The van der Waals surface area contributed by atoms with E-state index in [2.05, 4.69) is 0 Å². The van der Waals surface area contributed by atoms with Crippen LogP contribution in [-0.2, 0) is 0 Å². The molecule has 3 rings (SSSR count). The highest BCUT2D eigenvalue weighted by atomic mass is 16.5. The molecule has 0 saturated heterocycles. The Bertz CT molecular complexity index is 966. The van der Waals surface area contributed by atoms with Crippen LogP contribution in [0.5, 0.6) is 11.5 Å². The summed E-state index contributed by atoms with van der Waals surface area (Å²) >= 11 is 0. The molecule has 0 saturated carbocycles. The third kappa shape index (κ3) is 4.52. The Morgan fingerprint density at radius 2 is 1.81 bits per heavy atom. The largest absolute Gasteiger partial charge is 0.497 e. The maximum absolute atomic E-state index is 12.6. The Kier molecular flexibility index (Phi) is 5.52. The van der Waals surface area contributed by atoms with Crippen molar-refractivity contribution in [3.05, 3.63) is 89.4 Å². The first-order valence-electron chi connectivity index (χ1n) is 8.29. The third-order valence-electron chi connectivity index (χ3n) is 3.88. The van der Waals surface area contributed by atoms with Crippen molar-refractivity contribution in [3.63, 3.8) is 0 Å². The van der Waals surface area contributed by atoms with E-state index in [1.165, 1.54) is 31.6 Å². The zero-order chi connectivity index (χ0) is 19.2. The first-order valence-corrected chi connectivity index (χ1v) is 8.29. The van der Waals surface area contributed by atoms with Gasteiger partial charge < -0.3 is 13.9 Å². The highest BCUT2D eigenvalue weighted by molar-refractivity contribution is 6.09. The van der Waals surface area contributed by atoms with Gasteiger partial charge in [-0.05, 0) is 42.8 Å². The standard InChI is InChI=1S/C22H18O5/c1-15-5-7-16(8-6-15)9-12-19(23)18-11-10-17(25-2)14-21(18)27-22(24)20-4-3-13-26-20/h3-14H,1-2H3/b12-9+. The SMILES string of the molecule is COc1ccc(C(=O)/C=C/c2ccc(C)cc2)c(OC(=O)c2ccco2)c1. The fourth-order valence-corrected chi connectivity index (χ4v) is 2.40. The van der Waals surface area contributed by atoms with E-state index in [9.17, 15) is 9.59 Å². The predicted octanol–water partition coefficient (Wildman–Crippen LogP) is 4.71. The minimum Gasteiger partial charge on any atom is -0.497 e. The molecule has 0 aliphatic heterocycles. The summed E-state index contributed by atoms with van der Waals surface area (Å²) in [6.45, 7) is 2.00. The lowest BCUT2D eigenvalue weighted by atomic mass is 10.1. The quantitative estimate of drug-likeness (QED) is 0.275. The summed E-state index contributed by atoms with van der Waals surface area (Å²) < 4.78 is 15.5. The molecule has 0 bridgehead atoms. The van der Waals surface area contributed by atoms with Gasteiger partial charge in [0.15, 0.2) is 5.78 Å². The molecular formula is C22H18O5. The lowest BCUT2D eigenvalue weighted by Gasteiger charge is -2.09. The number of hydrogen-bond donors (Lipinski definition) is 0. The van der Waals surface area contributed by atoms with Gasteiger partial charge >= 0.3 is 5.97 Å². The van der Waals surface area contributed by atoms with Crippen LogP contribution in [0.4, 0.5) is 0 Å². The summed E-state index contributed by atoms with van der Waals surface area (Å²) in [6, 6.07) is 15.5. The molecule has 0 fully saturated rings. The minimum absolute atomic E-state index is 0.0476. The molecular weight excluding hydrogens is 344 g/mol. The van der Waals surface area contributed by atoms with Gasteiger partial charge in [-0.25, -0.2) is 4.79 Å². The Balaban J connectivity index is 1.86. The van der Waals surface area contributed by atoms with E-state index in [0.717, 1.165) is 11.1 Å². The second-order valence-electron chi connectivity index (χ2n) is 5.84. The maximum atomic E-state index is 12.6. The average molecular weight is 362 g/mol. The number of hydrogen-bond acceptors (Lipinski definition) is 5. The summed E-state index contributed by atoms with van der Waals surface area (Å²) in [5, 5.41) is 0. The molecule has 5 nitrogen and oxygen atoms in total. The van der Waals surface area contributed by atoms with E-state index in [4.69, 9.17) is 13.9 Å². The Hall–Kier alpha value is -3.60. The van der Waals surface area contributed by atoms with Crippen LogP contribution in [-0.4, -0.2) is 18.9 Å². The number of rotatable bonds is 6. The van der Waals surface area contributed by atoms with Crippen LogP contribution in [0.1, 0.15) is 32.0 Å². The number of benzene rings is 2. The van der Waals surface area contributed by atoms with Crippen molar-refractivity contribution in [1.82, 2.24) is 0 Å². The van der Waals surface area contributed by atoms with Crippen molar-refractivity contribution in [1.29, 1.82) is 0 Å². The zero-order valence-electron chi connectivity index (χ0n) is 15.0. The molecule has 5 heteroatoms. The Labute approximate surface area is 156 Å². The van der Waals surface area contributed by atoms with Crippen molar-refractivity contribution >= 4 is 17.8 Å². The molecule has 0 N–H and O–H groups in total. The van der Waals surface area contributed by atoms with E-state index >= 15 is 0 Å². The lowest BCUT2D eigenvalue weighted by Crippen LogP contribution is -2.10. The van der Waals surface area contributed by atoms with Gasteiger partial charge in [-0.3, -0.25) is 4.79 Å². The van der Waals surface area contributed by atoms with Crippen molar-refractivity contribution < 1.29 is 23.5 Å². The molecule has 2 aromatic carbocycles. The first-order chi connectivity index (χ1) is 13.1. The minimum atomic E-state index is -0.690. The number of furan rings is 1. The summed E-state index contributed by atoms with van der Waals surface area (Å²) in [6.07, 6.45) is 4.53. The summed E-state index contributed by atoms with van der Waals surface area (Å²) in [7, 11) is 1.49. The van der Waals surface area contributed by atoms with Crippen molar-refractivity contribution in [2.75, 3.05) is 7.11 Å². The van der Waals surface area contributed by atoms with Crippen molar-refractivity contribution in [2.24, 2.45) is 0 Å². The third-order valence-corrected chi connectivity index (χ3v) is 3.88. The van der Waals surface area contributed by atoms with Gasteiger partial charge in [-0.15, -0.1) is 0 Å². The molecule has 0 aliphatic rings. The molecule has 27 heavy (non-hydrogen) atoms. The van der Waals surface area contributed by atoms with Gasteiger partial charge in [0.2, 0.25) is 5.76 Å². The van der Waals surface area contributed by atoms with Gasteiger partial charge in [-0.1, -0.05) is 35.9 Å². The van der Waals surface area contributed by atoms with Gasteiger partial charge in [0, 0.05) is 6.07 Å². The van der Waals surface area contributed by atoms with Crippen molar-refractivity contribution in [2.45, 2.75) is 6.92 Å². The predicted molar refractivity (Wildman–Crippen MR) is 101 cm³/mol. The average Bonchev–Trinajstić information content (AvgIpc) is 3.22. The van der Waals surface area contributed by atoms with Crippen LogP contribution < -0.4 is 9.47 Å². The first kappa shape index (κ1) is 18.2. The number of allylic oxidation sites excluding steroid dienone is 1. The van der Waals surface area contributed by atoms with Gasteiger partial charge in [0.05, 0.1) is 18.9 Å². The van der Waals surface area contributed by atoms with E-state index < -0.39 is 5.97 Å². The van der Waals surface area contributed by atoms with E-state index in [0.29, 0.717) is 5.75 Å². The van der Waals surface area contributed by atoms with Crippen LogP contribution in [0.15, 0.2) is 71.4 Å². The summed E-state index contributed by atoms with van der Waals surface area (Å²) in [5.74, 6) is -0.359. The highest BCUT2D eigenvalue weighted by Crippen LogP contribution is 2.27. The van der Waals surface area contributed by atoms with Crippen molar-refractivity contribution in [3.8, 4) is 11.5 Å². The zero-order valence-corrected chi connectivity index (χ0v) is 15.0. The molecule has 1 aromatic heterocycles. The Morgan fingerprint density at radius 1 is 1.04 bits per heavy atom. The maximum Gasteiger partial charge on any atom is 0.379 e. The topological polar surface area (TPSA) is 65.7 Å². The fraction of sp³-hybridized carbons (Fsp3) is 0.0909. The van der Waals surface area contributed by atoms with Crippen LogP contribution >= 0.6 is 0 Å². The van der Waals surface area contributed by atoms with Gasteiger partial charge in [-0.2, -0.15) is 0 Å². The van der Waals surface area contributed by atoms with E-state index in [1.54, 1.807) is 24.3 Å². The monoisotopic (exact) mass is 362 g/mol. The van der Waals surface area contributed by atoms with Gasteiger partial charge in [0.1, 0.15) is 11.5 Å². The Morgan fingerprint density at radius 3 is 2.48 bits per heavy atom. The van der Waals surface area contributed by atoms with Crippen LogP contribution in [0.3, 0.4) is 0 Å². The highest BCUT2D eigenvalue weighted by Gasteiger charge is 2.17. The molecule has 0 aliphatic carbocycles. The second kappa shape index (κ2) is 8.19. The summed E-state index contributed by atoms with van der Waals surface area (Å²) in [5.41, 5.74) is 2.29. The number of ether oxygens (including phenoxy) is 2. The number of methoxy groups -OCH3 is 1. The van der Waals surface area contributed by atoms with E-state index in [1.807, 2.05) is 31.2 Å². The lowest BCUT2D eigenvalue weighted by molar-refractivity contribution is 0.0699. The fourth-order valence-electron chi connectivity index (χ4n) is 2.40. The molecule has 1 heterocycles. The van der Waals surface area contributed by atoms with Crippen LogP contribution in [0.2, 0.25) is 0 Å². The van der Waals surface area contributed by atoms with E-state index in [-0.39, 0.29) is 22.9 Å². The molecule has 0 amide bonds. The number of aryl methyl sites for hydroxylation is 1. The molecule has 3 aromatic rings. The second-order valence-corrected chi connectivity index (χ2v) is 5.84. The number of esters is 1. The normalized spacial score (nSPS) is 10.7. The molecule has 0 radical (unpaired) electrons. The molecule has 0 atom stereocenters. The smallest absolute Gasteiger partial charge is 0.379 e. The summed E-state index contributed by atoms with van der Waals surface area (Å²) in [4.78, 5) is 24.8. The van der Waals surface area contributed by atoms with Crippen LogP contribution in [0, 0.1) is 6.92 Å². The molecule has 0 spiro atoms. The molecule has 136 valence electrons. The van der Waals surface area contributed by atoms with Gasteiger partial charge in [0.25, 0.3) is 0 Å². The number of carbonyl (C=O) groups is 2. The number of carbonyl (C=O) groups excluding carboxylic acids is 2. The van der Waals surface area contributed by atoms with Crippen LogP contribution in [0.25, 0.3) is 6.08 Å². The molecule has 0 unspecified atom stereocenters. The number of ketones is 1.